The average molecular weight is 389 g/mol. The fourth-order valence-electron chi connectivity index (χ4n) is 1.68. The van der Waals surface area contributed by atoms with E-state index in [-0.39, 0.29) is 10.6 Å². The molecule has 0 spiro atoms. The number of nitrogens with zero attached hydrogens (tertiary/aromatic N) is 2. The zero-order chi connectivity index (χ0) is 14.0. The van der Waals surface area contributed by atoms with Gasteiger partial charge in [0.1, 0.15) is 10.7 Å². The summed E-state index contributed by atoms with van der Waals surface area (Å²) in [5, 5.41) is 17.1. The lowest BCUT2D eigenvalue weighted by Crippen LogP contribution is -2.28. The van der Waals surface area contributed by atoms with Gasteiger partial charge in [-0.3, -0.25) is 10.1 Å². The molecule has 7 heteroatoms. The molecule has 5 nitrogen and oxygen atoms in total. The fourth-order valence-corrected chi connectivity index (χ4v) is 2.88. The van der Waals surface area contributed by atoms with Gasteiger partial charge in [0.25, 0.3) is 5.69 Å². The molecule has 0 saturated heterocycles. The van der Waals surface area contributed by atoms with E-state index >= 15 is 0 Å². The summed E-state index contributed by atoms with van der Waals surface area (Å²) in [5.74, 6) is 0. The van der Waals surface area contributed by atoms with Crippen molar-refractivity contribution in [2.45, 2.75) is 19.4 Å². The van der Waals surface area contributed by atoms with Gasteiger partial charge in [-0.2, -0.15) is 0 Å². The van der Waals surface area contributed by atoms with Gasteiger partial charge in [-0.15, -0.1) is 11.3 Å². The molecule has 2 aromatic rings. The molecule has 0 aliphatic heterocycles. The van der Waals surface area contributed by atoms with Gasteiger partial charge >= 0.3 is 0 Å². The van der Waals surface area contributed by atoms with Crippen LogP contribution < -0.4 is 5.32 Å². The molecule has 0 saturated carbocycles. The monoisotopic (exact) mass is 389 g/mol. The second kappa shape index (κ2) is 5.41. The zero-order valence-electron chi connectivity index (χ0n) is 10.4. The van der Waals surface area contributed by atoms with Gasteiger partial charge in [-0.25, -0.2) is 4.98 Å². The molecule has 19 heavy (non-hydrogen) atoms. The first-order chi connectivity index (χ1) is 8.90. The maximum absolute atomic E-state index is 11.1. The molecule has 2 rings (SSSR count). The van der Waals surface area contributed by atoms with Crippen LogP contribution in [0.3, 0.4) is 0 Å². The minimum Gasteiger partial charge on any atom is -0.368 e. The maximum atomic E-state index is 11.1. The first-order valence-corrected chi connectivity index (χ1v) is 7.48. The van der Waals surface area contributed by atoms with Crippen molar-refractivity contribution in [3.63, 3.8) is 0 Å². The van der Waals surface area contributed by atoms with Crippen LogP contribution in [-0.4, -0.2) is 9.91 Å². The van der Waals surface area contributed by atoms with E-state index in [0.717, 1.165) is 8.58 Å². The predicted molar refractivity (Wildman–Crippen MR) is 84.6 cm³/mol. The lowest BCUT2D eigenvalue weighted by molar-refractivity contribution is -0.384. The summed E-state index contributed by atoms with van der Waals surface area (Å²) >= 11 is 3.58. The first kappa shape index (κ1) is 14.2. The zero-order valence-corrected chi connectivity index (χ0v) is 13.4. The molecule has 0 bridgehead atoms. The van der Waals surface area contributed by atoms with Crippen LogP contribution in [0.5, 0.6) is 0 Å². The van der Waals surface area contributed by atoms with Crippen molar-refractivity contribution >= 4 is 45.3 Å². The Morgan fingerprint density at radius 3 is 2.79 bits per heavy atom. The molecule has 0 aliphatic rings. The topological polar surface area (TPSA) is 68.1 Å². The Morgan fingerprint density at radius 2 is 2.21 bits per heavy atom. The van der Waals surface area contributed by atoms with Gasteiger partial charge in [-0.05, 0) is 48.6 Å². The van der Waals surface area contributed by atoms with Crippen LogP contribution in [0.15, 0.2) is 29.8 Å². The third-order valence-electron chi connectivity index (χ3n) is 2.57. The van der Waals surface area contributed by atoms with Crippen molar-refractivity contribution < 1.29 is 4.92 Å². The van der Waals surface area contributed by atoms with E-state index in [1.54, 1.807) is 18.3 Å². The SMILES string of the molecule is CC(C)(Nc1ccc(I)cc1[N+](=O)[O-])c1nccs1. The van der Waals surface area contributed by atoms with Gasteiger partial charge in [0.15, 0.2) is 0 Å². The normalized spacial score (nSPS) is 11.3. The molecule has 0 radical (unpaired) electrons. The van der Waals surface area contributed by atoms with Crippen molar-refractivity contribution in [2.75, 3.05) is 5.32 Å². The fraction of sp³-hybridized carbons (Fsp3) is 0.250. The van der Waals surface area contributed by atoms with Crippen molar-refractivity contribution in [3.05, 3.63) is 48.5 Å². The molecule has 1 heterocycles. The van der Waals surface area contributed by atoms with Crippen LogP contribution in [-0.2, 0) is 5.54 Å². The van der Waals surface area contributed by atoms with Crippen LogP contribution in [0.25, 0.3) is 0 Å². The predicted octanol–water partition coefficient (Wildman–Crippen LogP) is 4.00. The largest absolute Gasteiger partial charge is 0.368 e. The van der Waals surface area contributed by atoms with Crippen LogP contribution in [0.1, 0.15) is 18.9 Å². The number of nitrogens with one attached hydrogen (secondary N) is 1. The quantitative estimate of drug-likeness (QED) is 0.488. The highest BCUT2D eigenvalue weighted by Crippen LogP contribution is 2.33. The molecule has 0 amide bonds. The van der Waals surface area contributed by atoms with Crippen molar-refractivity contribution in [1.29, 1.82) is 0 Å². The molecule has 0 aliphatic carbocycles. The Bertz CT molecular complexity index is 599. The highest BCUT2D eigenvalue weighted by atomic mass is 127. The van der Waals surface area contributed by atoms with Crippen LogP contribution >= 0.6 is 33.9 Å². The molecule has 100 valence electrons. The average Bonchev–Trinajstić information content (AvgIpc) is 2.85. The molecule has 0 atom stereocenters. The number of hydrogen-bond acceptors (Lipinski definition) is 5. The van der Waals surface area contributed by atoms with E-state index in [4.69, 9.17) is 0 Å². The second-order valence-electron chi connectivity index (χ2n) is 4.51. The van der Waals surface area contributed by atoms with Crippen molar-refractivity contribution in [3.8, 4) is 0 Å². The van der Waals surface area contributed by atoms with Crippen molar-refractivity contribution in [2.24, 2.45) is 0 Å². The minimum atomic E-state index is -0.453. The number of thiazole rings is 1. The summed E-state index contributed by atoms with van der Waals surface area (Å²) in [6.07, 6.45) is 1.73. The summed E-state index contributed by atoms with van der Waals surface area (Å²) in [6, 6.07) is 5.13. The Balaban J connectivity index is 2.36. The molecular weight excluding hydrogens is 377 g/mol. The molecule has 1 N–H and O–H groups in total. The summed E-state index contributed by atoms with van der Waals surface area (Å²) in [4.78, 5) is 15.0. The van der Waals surface area contributed by atoms with Crippen LogP contribution in [0.2, 0.25) is 0 Å². The van der Waals surface area contributed by atoms with Gasteiger partial charge in [0.05, 0.1) is 10.5 Å². The Kier molecular flexibility index (Phi) is 4.04. The molecular formula is C12H12IN3O2S. The number of anilines is 1. The van der Waals surface area contributed by atoms with Gasteiger partial charge in [0.2, 0.25) is 0 Å². The third kappa shape index (κ3) is 3.21. The van der Waals surface area contributed by atoms with E-state index in [1.807, 2.05) is 25.3 Å². The summed E-state index contributed by atoms with van der Waals surface area (Å²) in [7, 11) is 0. The van der Waals surface area contributed by atoms with Crippen molar-refractivity contribution in [1.82, 2.24) is 4.98 Å². The highest BCUT2D eigenvalue weighted by molar-refractivity contribution is 14.1. The number of benzene rings is 1. The number of halogens is 1. The standard InChI is InChI=1S/C12H12IN3O2S/c1-12(2,11-14-5-6-19-11)15-9-4-3-8(13)7-10(9)16(17)18/h3-7,15H,1-2H3. The van der Waals surface area contributed by atoms with E-state index in [2.05, 4.69) is 32.9 Å². The lowest BCUT2D eigenvalue weighted by Gasteiger charge is -2.25. The number of nitro groups is 1. The first-order valence-electron chi connectivity index (χ1n) is 5.52. The van der Waals surface area contributed by atoms with Gasteiger partial charge < -0.3 is 5.32 Å². The van der Waals surface area contributed by atoms with E-state index < -0.39 is 5.54 Å². The molecule has 0 unspecified atom stereocenters. The van der Waals surface area contributed by atoms with E-state index in [9.17, 15) is 10.1 Å². The summed E-state index contributed by atoms with van der Waals surface area (Å²) < 4.78 is 0.835. The summed E-state index contributed by atoms with van der Waals surface area (Å²) in [5.41, 5.74) is 0.133. The number of rotatable bonds is 4. The Labute approximate surface area is 128 Å². The molecule has 1 aromatic carbocycles. The summed E-state index contributed by atoms with van der Waals surface area (Å²) in [6.45, 7) is 3.90. The number of nitro benzene ring substituents is 1. The second-order valence-corrected chi connectivity index (χ2v) is 6.65. The van der Waals surface area contributed by atoms with E-state index in [0.29, 0.717) is 5.69 Å². The Morgan fingerprint density at radius 1 is 1.47 bits per heavy atom. The maximum Gasteiger partial charge on any atom is 0.293 e. The van der Waals surface area contributed by atoms with Gasteiger partial charge in [-0.1, -0.05) is 0 Å². The van der Waals surface area contributed by atoms with E-state index in [1.165, 1.54) is 11.3 Å². The van der Waals surface area contributed by atoms with Gasteiger partial charge in [0, 0.05) is 21.2 Å². The minimum absolute atomic E-state index is 0.0801. The third-order valence-corrected chi connectivity index (χ3v) is 4.34. The van der Waals surface area contributed by atoms with Crippen LogP contribution in [0.4, 0.5) is 11.4 Å². The molecule has 1 aromatic heterocycles. The lowest BCUT2D eigenvalue weighted by atomic mass is 10.1. The highest BCUT2D eigenvalue weighted by Gasteiger charge is 2.26. The van der Waals surface area contributed by atoms with Crippen LogP contribution in [0, 0.1) is 13.7 Å². The number of aromatic nitrogens is 1. The smallest absolute Gasteiger partial charge is 0.293 e. The molecule has 0 fully saturated rings. The number of hydrogen-bond donors (Lipinski definition) is 1. The Hall–Kier alpha value is -1.22.